The van der Waals surface area contributed by atoms with Crippen molar-refractivity contribution in [3.63, 3.8) is 0 Å². The van der Waals surface area contributed by atoms with Crippen molar-refractivity contribution in [3.05, 3.63) is 24.3 Å². The molecule has 1 heterocycles. The Morgan fingerprint density at radius 2 is 2.04 bits per heavy atom. The Hall–Kier alpha value is -2.57. The van der Waals surface area contributed by atoms with E-state index in [2.05, 4.69) is 5.32 Å². The first-order chi connectivity index (χ1) is 11.8. The lowest BCUT2D eigenvalue weighted by molar-refractivity contribution is -0.142. The maximum atomic E-state index is 12.4. The number of methoxy groups -OCH3 is 1. The van der Waals surface area contributed by atoms with Crippen molar-refractivity contribution in [3.8, 4) is 5.75 Å². The quantitative estimate of drug-likeness (QED) is 0.781. The standard InChI is InChI=1S/C18H24N2O5/c1-11(2)8-13(18(23)24)19-17(22)12-9-16(21)20(10-12)14-6-4-5-7-15(14)25-3/h4-7,11-13H,8-10H2,1-3H3,(H,19,22)(H,23,24). The molecule has 1 aliphatic rings. The minimum absolute atomic E-state index is 0.0535. The van der Waals surface area contributed by atoms with Crippen LogP contribution in [0.15, 0.2) is 24.3 Å². The number of amides is 2. The fraction of sp³-hybridized carbons (Fsp3) is 0.500. The maximum Gasteiger partial charge on any atom is 0.326 e. The fourth-order valence-electron chi connectivity index (χ4n) is 2.95. The molecule has 7 heteroatoms. The number of nitrogens with one attached hydrogen (secondary N) is 1. The molecule has 7 nitrogen and oxygen atoms in total. The predicted molar refractivity (Wildman–Crippen MR) is 92.5 cm³/mol. The summed E-state index contributed by atoms with van der Waals surface area (Å²) in [5.41, 5.74) is 0.613. The van der Waals surface area contributed by atoms with Crippen LogP contribution in [-0.4, -0.2) is 42.6 Å². The summed E-state index contributed by atoms with van der Waals surface area (Å²) in [7, 11) is 1.52. The lowest BCUT2D eigenvalue weighted by Gasteiger charge is -2.20. The van der Waals surface area contributed by atoms with Gasteiger partial charge in [0.2, 0.25) is 11.8 Å². The highest BCUT2D eigenvalue weighted by atomic mass is 16.5. The second kappa shape index (κ2) is 8.00. The van der Waals surface area contributed by atoms with E-state index in [4.69, 9.17) is 4.74 Å². The number of nitrogens with zero attached hydrogens (tertiary/aromatic N) is 1. The number of ether oxygens (including phenoxy) is 1. The average molecular weight is 348 g/mol. The summed E-state index contributed by atoms with van der Waals surface area (Å²) in [4.78, 5) is 37.6. The highest BCUT2D eigenvalue weighted by Gasteiger charge is 2.37. The van der Waals surface area contributed by atoms with Gasteiger partial charge in [0, 0.05) is 13.0 Å². The molecule has 0 aromatic heterocycles. The molecule has 0 saturated carbocycles. The number of benzene rings is 1. The van der Waals surface area contributed by atoms with Gasteiger partial charge in [-0.05, 0) is 24.5 Å². The molecule has 0 spiro atoms. The molecule has 0 aliphatic carbocycles. The first-order valence-electron chi connectivity index (χ1n) is 8.30. The predicted octanol–water partition coefficient (Wildman–Crippen LogP) is 1.66. The third kappa shape index (κ3) is 4.49. The normalized spacial score (nSPS) is 18.3. The Kier molecular flexibility index (Phi) is 6.01. The number of carboxylic acids is 1. The summed E-state index contributed by atoms with van der Waals surface area (Å²) < 4.78 is 5.27. The van der Waals surface area contributed by atoms with E-state index in [0.29, 0.717) is 17.9 Å². The monoisotopic (exact) mass is 348 g/mol. The summed E-state index contributed by atoms with van der Waals surface area (Å²) in [6.07, 6.45) is 0.399. The number of rotatable bonds is 7. The van der Waals surface area contributed by atoms with Crippen LogP contribution in [0.3, 0.4) is 0 Å². The first kappa shape index (κ1) is 18.8. The zero-order valence-electron chi connectivity index (χ0n) is 14.7. The minimum Gasteiger partial charge on any atom is -0.495 e. The van der Waals surface area contributed by atoms with Gasteiger partial charge in [0.1, 0.15) is 11.8 Å². The van der Waals surface area contributed by atoms with E-state index < -0.39 is 23.8 Å². The van der Waals surface area contributed by atoms with E-state index in [9.17, 15) is 19.5 Å². The minimum atomic E-state index is -1.06. The highest BCUT2D eigenvalue weighted by molar-refractivity contribution is 6.01. The molecule has 25 heavy (non-hydrogen) atoms. The van der Waals surface area contributed by atoms with Crippen LogP contribution < -0.4 is 15.0 Å². The van der Waals surface area contributed by atoms with Gasteiger partial charge in [-0.15, -0.1) is 0 Å². The number of carbonyl (C=O) groups is 3. The molecule has 1 fully saturated rings. The zero-order chi connectivity index (χ0) is 18.6. The first-order valence-corrected chi connectivity index (χ1v) is 8.30. The number of hydrogen-bond donors (Lipinski definition) is 2. The van der Waals surface area contributed by atoms with E-state index in [1.807, 2.05) is 13.8 Å². The molecule has 1 aromatic rings. The van der Waals surface area contributed by atoms with Crippen molar-refractivity contribution < 1.29 is 24.2 Å². The molecule has 2 amide bonds. The Balaban J connectivity index is 2.08. The fourth-order valence-corrected chi connectivity index (χ4v) is 2.95. The van der Waals surface area contributed by atoms with Gasteiger partial charge in [-0.3, -0.25) is 9.59 Å². The zero-order valence-corrected chi connectivity index (χ0v) is 14.7. The van der Waals surface area contributed by atoms with Crippen LogP contribution in [0.5, 0.6) is 5.75 Å². The summed E-state index contributed by atoms with van der Waals surface area (Å²) in [5, 5.41) is 11.8. The van der Waals surface area contributed by atoms with Gasteiger partial charge in [-0.1, -0.05) is 26.0 Å². The van der Waals surface area contributed by atoms with Crippen molar-refractivity contribution in [1.82, 2.24) is 5.32 Å². The number of anilines is 1. The molecule has 136 valence electrons. The van der Waals surface area contributed by atoms with Crippen LogP contribution in [0.1, 0.15) is 26.7 Å². The van der Waals surface area contributed by atoms with Gasteiger partial charge >= 0.3 is 5.97 Å². The summed E-state index contributed by atoms with van der Waals surface area (Å²) in [6.45, 7) is 3.99. The largest absolute Gasteiger partial charge is 0.495 e. The van der Waals surface area contributed by atoms with Crippen molar-refractivity contribution in [2.75, 3.05) is 18.6 Å². The van der Waals surface area contributed by atoms with Crippen molar-refractivity contribution >= 4 is 23.5 Å². The van der Waals surface area contributed by atoms with Crippen LogP contribution in [0, 0.1) is 11.8 Å². The second-order valence-electron chi connectivity index (χ2n) is 6.61. The Morgan fingerprint density at radius 3 is 2.64 bits per heavy atom. The molecule has 2 rings (SSSR count). The molecule has 2 N–H and O–H groups in total. The third-order valence-corrected chi connectivity index (χ3v) is 4.19. The smallest absolute Gasteiger partial charge is 0.326 e. The topological polar surface area (TPSA) is 95.9 Å². The number of carbonyl (C=O) groups excluding carboxylic acids is 2. The molecule has 1 aliphatic heterocycles. The number of hydrogen-bond acceptors (Lipinski definition) is 4. The lowest BCUT2D eigenvalue weighted by Crippen LogP contribution is -2.44. The van der Waals surface area contributed by atoms with Gasteiger partial charge in [-0.2, -0.15) is 0 Å². The van der Waals surface area contributed by atoms with Crippen LogP contribution in [0.25, 0.3) is 0 Å². The van der Waals surface area contributed by atoms with Crippen LogP contribution in [0.4, 0.5) is 5.69 Å². The number of aliphatic carboxylic acids is 1. The van der Waals surface area contributed by atoms with Crippen LogP contribution in [0.2, 0.25) is 0 Å². The van der Waals surface area contributed by atoms with E-state index in [0.717, 1.165) is 0 Å². The van der Waals surface area contributed by atoms with Gasteiger partial charge < -0.3 is 20.1 Å². The summed E-state index contributed by atoms with van der Waals surface area (Å²) in [5.74, 6) is -1.53. The average Bonchev–Trinajstić information content (AvgIpc) is 2.95. The number of carboxylic acid groups (broad SMARTS) is 1. The molecule has 0 bridgehead atoms. The molecular weight excluding hydrogens is 324 g/mol. The molecule has 2 unspecified atom stereocenters. The molecule has 1 saturated heterocycles. The van der Waals surface area contributed by atoms with Gasteiger partial charge in [0.25, 0.3) is 0 Å². The van der Waals surface area contributed by atoms with Crippen molar-refractivity contribution in [2.45, 2.75) is 32.7 Å². The van der Waals surface area contributed by atoms with E-state index in [-0.39, 0.29) is 24.8 Å². The Bertz CT molecular complexity index is 659. The van der Waals surface area contributed by atoms with E-state index >= 15 is 0 Å². The molecular formula is C18H24N2O5. The Labute approximate surface area is 147 Å². The van der Waals surface area contributed by atoms with Crippen molar-refractivity contribution in [2.24, 2.45) is 11.8 Å². The second-order valence-corrected chi connectivity index (χ2v) is 6.61. The highest BCUT2D eigenvalue weighted by Crippen LogP contribution is 2.32. The SMILES string of the molecule is COc1ccccc1N1CC(C(=O)NC(CC(C)C)C(=O)O)CC1=O. The van der Waals surface area contributed by atoms with Gasteiger partial charge in [0.15, 0.2) is 0 Å². The van der Waals surface area contributed by atoms with E-state index in [1.54, 1.807) is 24.3 Å². The molecule has 0 radical (unpaired) electrons. The van der Waals surface area contributed by atoms with Crippen LogP contribution in [-0.2, 0) is 14.4 Å². The van der Waals surface area contributed by atoms with Crippen molar-refractivity contribution in [1.29, 1.82) is 0 Å². The molecule has 2 atom stereocenters. The van der Waals surface area contributed by atoms with Crippen LogP contribution >= 0.6 is 0 Å². The van der Waals surface area contributed by atoms with Gasteiger partial charge in [-0.25, -0.2) is 4.79 Å². The summed E-state index contributed by atoms with van der Waals surface area (Å²) >= 11 is 0. The lowest BCUT2D eigenvalue weighted by atomic mass is 10.0. The maximum absolute atomic E-state index is 12.4. The molecule has 1 aromatic carbocycles. The third-order valence-electron chi connectivity index (χ3n) is 4.19. The Morgan fingerprint density at radius 1 is 1.36 bits per heavy atom. The van der Waals surface area contributed by atoms with E-state index in [1.165, 1.54) is 12.0 Å². The number of para-hydroxylation sites is 2. The summed E-state index contributed by atoms with van der Waals surface area (Å²) in [6, 6.07) is 6.16. The van der Waals surface area contributed by atoms with Gasteiger partial charge in [0.05, 0.1) is 18.7 Å².